The molecule has 0 bridgehead atoms. The van der Waals surface area contributed by atoms with E-state index in [9.17, 15) is 14.0 Å². The Morgan fingerprint density at radius 2 is 1.94 bits per heavy atom. The number of hydrogen-bond acceptors (Lipinski definition) is 4. The van der Waals surface area contributed by atoms with Gasteiger partial charge in [0.2, 0.25) is 11.8 Å². The number of nitrogens with zero attached hydrogens (tertiary/aromatic N) is 1. The van der Waals surface area contributed by atoms with Gasteiger partial charge in [-0.1, -0.05) is 50.6 Å². The highest BCUT2D eigenvalue weighted by molar-refractivity contribution is 7.99. The largest absolute Gasteiger partial charge is 0.497 e. The topological polar surface area (TPSA) is 58.6 Å². The number of thioether (sulfide) groups is 1. The van der Waals surface area contributed by atoms with Crippen LogP contribution in [0, 0.1) is 11.7 Å². The monoisotopic (exact) mass is 494 g/mol. The van der Waals surface area contributed by atoms with E-state index in [2.05, 4.69) is 5.32 Å². The molecule has 33 heavy (non-hydrogen) atoms. The highest BCUT2D eigenvalue weighted by Gasteiger charge is 2.28. The van der Waals surface area contributed by atoms with Gasteiger partial charge in [-0.2, -0.15) is 0 Å². The van der Waals surface area contributed by atoms with Crippen LogP contribution in [0.1, 0.15) is 38.3 Å². The molecule has 8 heteroatoms. The molecular weight excluding hydrogens is 463 g/mol. The molecule has 0 spiro atoms. The van der Waals surface area contributed by atoms with Gasteiger partial charge in [-0.05, 0) is 42.2 Å². The molecular formula is C25H32ClFN2O3S. The van der Waals surface area contributed by atoms with E-state index in [-0.39, 0.29) is 29.9 Å². The Morgan fingerprint density at radius 1 is 1.21 bits per heavy atom. The first kappa shape index (κ1) is 27.0. The van der Waals surface area contributed by atoms with E-state index in [1.165, 1.54) is 17.8 Å². The number of methoxy groups -OCH3 is 1. The lowest BCUT2D eigenvalue weighted by Gasteiger charge is -2.31. The van der Waals surface area contributed by atoms with Crippen molar-refractivity contribution in [2.24, 2.45) is 5.92 Å². The fourth-order valence-corrected chi connectivity index (χ4v) is 4.55. The fourth-order valence-electron chi connectivity index (χ4n) is 3.30. The Bertz CT molecular complexity index is 921. The highest BCUT2D eigenvalue weighted by atomic mass is 35.5. The van der Waals surface area contributed by atoms with Crippen molar-refractivity contribution in [3.63, 3.8) is 0 Å². The van der Waals surface area contributed by atoms with Crippen molar-refractivity contribution in [2.75, 3.05) is 19.4 Å². The Labute approximate surface area is 205 Å². The van der Waals surface area contributed by atoms with Crippen LogP contribution in [0.25, 0.3) is 0 Å². The molecule has 0 saturated heterocycles. The minimum absolute atomic E-state index is 0.0998. The number of amides is 2. The fraction of sp³-hybridized carbons (Fsp3) is 0.440. The predicted molar refractivity (Wildman–Crippen MR) is 133 cm³/mol. The van der Waals surface area contributed by atoms with Gasteiger partial charge in [-0.15, -0.1) is 11.8 Å². The molecule has 0 radical (unpaired) electrons. The zero-order chi connectivity index (χ0) is 24.4. The van der Waals surface area contributed by atoms with E-state index in [0.29, 0.717) is 35.2 Å². The number of hydrogen-bond donors (Lipinski definition) is 1. The lowest BCUT2D eigenvalue weighted by molar-refractivity contribution is -0.139. The van der Waals surface area contributed by atoms with E-state index in [1.807, 2.05) is 45.0 Å². The van der Waals surface area contributed by atoms with E-state index >= 15 is 0 Å². The highest BCUT2D eigenvalue weighted by Crippen LogP contribution is 2.25. The summed E-state index contributed by atoms with van der Waals surface area (Å²) in [5.41, 5.74) is 1.23. The van der Waals surface area contributed by atoms with Gasteiger partial charge in [0.05, 0.1) is 12.9 Å². The molecule has 1 atom stereocenters. The van der Waals surface area contributed by atoms with E-state index in [0.717, 1.165) is 5.56 Å². The van der Waals surface area contributed by atoms with Crippen LogP contribution in [0.2, 0.25) is 5.02 Å². The first-order chi connectivity index (χ1) is 15.8. The van der Waals surface area contributed by atoms with Crippen LogP contribution in [-0.4, -0.2) is 42.2 Å². The maximum atomic E-state index is 14.1. The van der Waals surface area contributed by atoms with Crippen molar-refractivity contribution in [1.29, 1.82) is 0 Å². The SMILES string of the molecule is CCC(C(=O)NCC(C)C)N(Cc1cccc(OC)c1)C(=O)CSCc1c(F)cccc1Cl. The minimum atomic E-state index is -0.611. The molecule has 0 aliphatic carbocycles. The molecule has 0 aromatic heterocycles. The summed E-state index contributed by atoms with van der Waals surface area (Å²) in [5, 5.41) is 3.28. The molecule has 1 unspecified atom stereocenters. The number of ether oxygens (including phenoxy) is 1. The summed E-state index contributed by atoms with van der Waals surface area (Å²) in [5.74, 6) is 0.584. The molecule has 0 fully saturated rings. The first-order valence-corrected chi connectivity index (χ1v) is 12.5. The summed E-state index contributed by atoms with van der Waals surface area (Å²) in [6.07, 6.45) is 0.476. The third-order valence-corrected chi connectivity index (χ3v) is 6.39. The van der Waals surface area contributed by atoms with Gasteiger partial charge in [0, 0.05) is 29.4 Å². The third-order valence-electron chi connectivity index (χ3n) is 5.09. The molecule has 2 amide bonds. The van der Waals surface area contributed by atoms with Gasteiger partial charge in [0.25, 0.3) is 0 Å². The van der Waals surface area contributed by atoms with Gasteiger partial charge in [-0.3, -0.25) is 9.59 Å². The van der Waals surface area contributed by atoms with Crippen molar-refractivity contribution in [3.8, 4) is 5.75 Å². The van der Waals surface area contributed by atoms with Crippen LogP contribution in [0.5, 0.6) is 5.75 Å². The van der Waals surface area contributed by atoms with Crippen LogP contribution < -0.4 is 10.1 Å². The van der Waals surface area contributed by atoms with Crippen LogP contribution in [0.15, 0.2) is 42.5 Å². The molecule has 0 saturated carbocycles. The maximum Gasteiger partial charge on any atom is 0.242 e. The molecule has 1 N–H and O–H groups in total. The van der Waals surface area contributed by atoms with Gasteiger partial charge in [0.15, 0.2) is 0 Å². The van der Waals surface area contributed by atoms with Crippen LogP contribution in [0.3, 0.4) is 0 Å². The summed E-state index contributed by atoms with van der Waals surface area (Å²) < 4.78 is 19.4. The lowest BCUT2D eigenvalue weighted by Crippen LogP contribution is -2.50. The van der Waals surface area contributed by atoms with Crippen LogP contribution in [0.4, 0.5) is 4.39 Å². The van der Waals surface area contributed by atoms with Gasteiger partial charge >= 0.3 is 0 Å². The Morgan fingerprint density at radius 3 is 2.58 bits per heavy atom. The number of carbonyl (C=O) groups is 2. The van der Waals surface area contributed by atoms with Crippen LogP contribution >= 0.6 is 23.4 Å². The standard InChI is InChI=1S/C25H32ClFN2O3S/c1-5-23(25(31)28-13-17(2)3)29(14-18-8-6-9-19(12-18)32-4)24(30)16-33-15-20-21(26)10-7-11-22(20)27/h6-12,17,23H,5,13-16H2,1-4H3,(H,28,31). The van der Waals surface area contributed by atoms with Crippen molar-refractivity contribution < 1.29 is 18.7 Å². The zero-order valence-electron chi connectivity index (χ0n) is 19.6. The molecule has 0 aliphatic rings. The third kappa shape index (κ3) is 8.23. The molecule has 2 rings (SSSR count). The summed E-state index contributed by atoms with van der Waals surface area (Å²) in [6.45, 7) is 6.73. The summed E-state index contributed by atoms with van der Waals surface area (Å²) >= 11 is 7.38. The zero-order valence-corrected chi connectivity index (χ0v) is 21.1. The van der Waals surface area contributed by atoms with Gasteiger partial charge in [0.1, 0.15) is 17.6 Å². The predicted octanol–water partition coefficient (Wildman–Crippen LogP) is 5.30. The van der Waals surface area contributed by atoms with E-state index in [1.54, 1.807) is 24.1 Å². The van der Waals surface area contributed by atoms with Crippen molar-refractivity contribution in [1.82, 2.24) is 10.2 Å². The number of carbonyl (C=O) groups excluding carboxylic acids is 2. The molecule has 2 aromatic carbocycles. The normalized spacial score (nSPS) is 11.8. The molecule has 2 aromatic rings. The maximum absolute atomic E-state index is 14.1. The summed E-state index contributed by atoms with van der Waals surface area (Å²) in [4.78, 5) is 27.8. The Kier molecular flexibility index (Phi) is 11.0. The minimum Gasteiger partial charge on any atom is -0.497 e. The first-order valence-electron chi connectivity index (χ1n) is 11.0. The van der Waals surface area contributed by atoms with Crippen LogP contribution in [-0.2, 0) is 21.9 Å². The van der Waals surface area contributed by atoms with Crippen molar-refractivity contribution in [3.05, 3.63) is 64.4 Å². The van der Waals surface area contributed by atoms with E-state index < -0.39 is 11.9 Å². The molecule has 5 nitrogen and oxygen atoms in total. The van der Waals surface area contributed by atoms with Gasteiger partial charge < -0.3 is 15.0 Å². The second-order valence-corrected chi connectivity index (χ2v) is 9.52. The Balaban J connectivity index is 2.18. The molecule has 180 valence electrons. The number of rotatable bonds is 12. The molecule has 0 heterocycles. The summed E-state index contributed by atoms with van der Waals surface area (Å²) in [7, 11) is 1.58. The second-order valence-electron chi connectivity index (χ2n) is 8.13. The number of benzene rings is 2. The average Bonchev–Trinajstić information content (AvgIpc) is 2.79. The van der Waals surface area contributed by atoms with Crippen molar-refractivity contribution in [2.45, 2.75) is 45.5 Å². The number of nitrogens with one attached hydrogen (secondary N) is 1. The van der Waals surface area contributed by atoms with E-state index in [4.69, 9.17) is 16.3 Å². The quantitative estimate of drug-likeness (QED) is 0.435. The lowest BCUT2D eigenvalue weighted by atomic mass is 10.1. The molecule has 0 aliphatic heterocycles. The van der Waals surface area contributed by atoms with Crippen molar-refractivity contribution >= 4 is 35.2 Å². The smallest absolute Gasteiger partial charge is 0.242 e. The average molecular weight is 495 g/mol. The van der Waals surface area contributed by atoms with Gasteiger partial charge in [-0.25, -0.2) is 4.39 Å². The summed E-state index contributed by atoms with van der Waals surface area (Å²) in [6, 6.07) is 11.4. The Hall–Kier alpha value is -2.25. The second kappa shape index (κ2) is 13.5. The number of halogens is 2.